The fourth-order valence-corrected chi connectivity index (χ4v) is 2.88. The van der Waals surface area contributed by atoms with Crippen molar-refractivity contribution in [2.75, 3.05) is 32.7 Å². The summed E-state index contributed by atoms with van der Waals surface area (Å²) in [7, 11) is 0. The van der Waals surface area contributed by atoms with E-state index in [0.29, 0.717) is 18.2 Å². The number of carbonyl (C=O) groups excluding carboxylic acids is 1. The SMILES string of the molecule is O=C(C1CCC1)N1CCN(CC(O)c2ccco2)CC1. The molecule has 1 saturated carbocycles. The molecule has 0 spiro atoms. The number of rotatable bonds is 4. The first kappa shape index (κ1) is 13.6. The van der Waals surface area contributed by atoms with E-state index in [9.17, 15) is 9.90 Å². The van der Waals surface area contributed by atoms with Gasteiger partial charge in [-0.15, -0.1) is 0 Å². The quantitative estimate of drug-likeness (QED) is 0.901. The molecule has 0 radical (unpaired) electrons. The van der Waals surface area contributed by atoms with Gasteiger partial charge in [0.15, 0.2) is 0 Å². The molecule has 1 N–H and O–H groups in total. The summed E-state index contributed by atoms with van der Waals surface area (Å²) < 4.78 is 5.21. The molecule has 1 aromatic rings. The summed E-state index contributed by atoms with van der Waals surface area (Å²) in [5.74, 6) is 1.23. The van der Waals surface area contributed by atoms with Crippen LogP contribution in [0.4, 0.5) is 0 Å². The van der Waals surface area contributed by atoms with Gasteiger partial charge in [-0.05, 0) is 25.0 Å². The van der Waals surface area contributed by atoms with Crippen molar-refractivity contribution >= 4 is 5.91 Å². The lowest BCUT2D eigenvalue weighted by Gasteiger charge is -2.38. The maximum atomic E-state index is 12.1. The van der Waals surface area contributed by atoms with Crippen molar-refractivity contribution in [2.45, 2.75) is 25.4 Å². The number of piperazine rings is 1. The second kappa shape index (κ2) is 5.97. The zero-order valence-electron chi connectivity index (χ0n) is 11.7. The molecule has 1 amide bonds. The van der Waals surface area contributed by atoms with Crippen molar-refractivity contribution in [1.82, 2.24) is 9.80 Å². The Bertz CT molecular complexity index is 434. The largest absolute Gasteiger partial charge is 0.467 e. The van der Waals surface area contributed by atoms with Crippen LogP contribution in [0.25, 0.3) is 0 Å². The van der Waals surface area contributed by atoms with Crippen molar-refractivity contribution in [3.63, 3.8) is 0 Å². The van der Waals surface area contributed by atoms with Crippen LogP contribution in [0.15, 0.2) is 22.8 Å². The van der Waals surface area contributed by atoms with Crippen LogP contribution < -0.4 is 0 Å². The van der Waals surface area contributed by atoms with E-state index in [1.165, 1.54) is 6.42 Å². The lowest BCUT2D eigenvalue weighted by Crippen LogP contribution is -2.51. The van der Waals surface area contributed by atoms with Crippen LogP contribution in [0.1, 0.15) is 31.1 Å². The van der Waals surface area contributed by atoms with Gasteiger partial charge >= 0.3 is 0 Å². The summed E-state index contributed by atoms with van der Waals surface area (Å²) in [6.45, 7) is 3.78. The third-order valence-corrected chi connectivity index (χ3v) is 4.44. The fraction of sp³-hybridized carbons (Fsp3) is 0.667. The average Bonchev–Trinajstić information content (AvgIpc) is 2.91. The Morgan fingerprint density at radius 1 is 1.35 bits per heavy atom. The standard InChI is InChI=1S/C15H22N2O3/c18-13(14-5-2-10-20-14)11-16-6-8-17(9-7-16)15(19)12-3-1-4-12/h2,5,10,12-13,18H,1,3-4,6-9,11H2. The van der Waals surface area contributed by atoms with E-state index in [1.807, 2.05) is 4.90 Å². The highest BCUT2D eigenvalue weighted by Gasteiger charge is 2.31. The topological polar surface area (TPSA) is 56.9 Å². The Kier molecular flexibility index (Phi) is 4.08. The van der Waals surface area contributed by atoms with E-state index >= 15 is 0 Å². The molecule has 20 heavy (non-hydrogen) atoms. The number of hydrogen-bond donors (Lipinski definition) is 1. The van der Waals surface area contributed by atoms with E-state index in [-0.39, 0.29) is 5.92 Å². The number of carbonyl (C=O) groups is 1. The molecule has 1 aliphatic carbocycles. The first-order valence-corrected chi connectivity index (χ1v) is 7.46. The number of nitrogens with zero attached hydrogens (tertiary/aromatic N) is 2. The van der Waals surface area contributed by atoms with Crippen LogP contribution in [-0.4, -0.2) is 53.5 Å². The molecule has 3 rings (SSSR count). The zero-order chi connectivity index (χ0) is 13.9. The van der Waals surface area contributed by atoms with Gasteiger partial charge < -0.3 is 14.4 Å². The van der Waals surface area contributed by atoms with Gasteiger partial charge in [-0.25, -0.2) is 0 Å². The minimum Gasteiger partial charge on any atom is -0.467 e. The van der Waals surface area contributed by atoms with Crippen molar-refractivity contribution < 1.29 is 14.3 Å². The molecule has 1 atom stereocenters. The van der Waals surface area contributed by atoms with Gasteiger partial charge in [0.05, 0.1) is 6.26 Å². The Labute approximate surface area is 119 Å². The lowest BCUT2D eigenvalue weighted by molar-refractivity contribution is -0.140. The molecule has 1 saturated heterocycles. The highest BCUT2D eigenvalue weighted by atomic mass is 16.4. The molecule has 1 unspecified atom stereocenters. The molecule has 2 fully saturated rings. The average molecular weight is 278 g/mol. The molecule has 5 heteroatoms. The predicted octanol–water partition coefficient (Wildman–Crippen LogP) is 1.26. The van der Waals surface area contributed by atoms with Gasteiger partial charge in [0.1, 0.15) is 11.9 Å². The molecule has 1 aromatic heterocycles. The molecule has 0 bridgehead atoms. The van der Waals surface area contributed by atoms with Crippen LogP contribution in [0.3, 0.4) is 0 Å². The number of amides is 1. The number of aliphatic hydroxyl groups excluding tert-OH is 1. The van der Waals surface area contributed by atoms with Crippen LogP contribution in [0.2, 0.25) is 0 Å². The Balaban J connectivity index is 1.45. The minimum absolute atomic E-state index is 0.287. The van der Waals surface area contributed by atoms with Crippen LogP contribution in [0, 0.1) is 5.92 Å². The normalized spacial score (nSPS) is 22.6. The summed E-state index contributed by atoms with van der Waals surface area (Å²) >= 11 is 0. The minimum atomic E-state index is -0.584. The maximum Gasteiger partial charge on any atom is 0.225 e. The smallest absolute Gasteiger partial charge is 0.225 e. The van der Waals surface area contributed by atoms with E-state index in [0.717, 1.165) is 39.0 Å². The van der Waals surface area contributed by atoms with Gasteiger partial charge in [0.2, 0.25) is 5.91 Å². The van der Waals surface area contributed by atoms with Crippen molar-refractivity contribution in [2.24, 2.45) is 5.92 Å². The number of β-amino-alcohol motifs (C(OH)–C–C–N with tert-alkyl or cyclic N) is 1. The molecule has 5 nitrogen and oxygen atoms in total. The third kappa shape index (κ3) is 2.88. The van der Waals surface area contributed by atoms with E-state index in [2.05, 4.69) is 4.90 Å². The van der Waals surface area contributed by atoms with Gasteiger partial charge in [0, 0.05) is 38.6 Å². The Morgan fingerprint density at radius 2 is 2.10 bits per heavy atom. The molecule has 2 heterocycles. The zero-order valence-corrected chi connectivity index (χ0v) is 11.7. The van der Waals surface area contributed by atoms with Gasteiger partial charge in [-0.2, -0.15) is 0 Å². The second-order valence-corrected chi connectivity index (χ2v) is 5.78. The highest BCUT2D eigenvalue weighted by Crippen LogP contribution is 2.28. The molecular formula is C15H22N2O3. The summed E-state index contributed by atoms with van der Waals surface area (Å²) in [6, 6.07) is 3.58. The van der Waals surface area contributed by atoms with Crippen LogP contribution in [-0.2, 0) is 4.79 Å². The van der Waals surface area contributed by atoms with E-state index in [1.54, 1.807) is 18.4 Å². The maximum absolute atomic E-state index is 12.1. The van der Waals surface area contributed by atoms with Gasteiger partial charge in [-0.3, -0.25) is 9.69 Å². The monoisotopic (exact) mass is 278 g/mol. The van der Waals surface area contributed by atoms with Crippen LogP contribution in [0.5, 0.6) is 0 Å². The second-order valence-electron chi connectivity index (χ2n) is 5.78. The molecular weight excluding hydrogens is 256 g/mol. The van der Waals surface area contributed by atoms with E-state index in [4.69, 9.17) is 4.42 Å². The van der Waals surface area contributed by atoms with Crippen molar-refractivity contribution in [3.05, 3.63) is 24.2 Å². The summed E-state index contributed by atoms with van der Waals surface area (Å²) in [5, 5.41) is 10.1. The first-order chi connectivity index (χ1) is 9.74. The summed E-state index contributed by atoms with van der Waals surface area (Å²) in [5.41, 5.74) is 0. The first-order valence-electron chi connectivity index (χ1n) is 7.46. The molecule has 0 aromatic carbocycles. The molecule has 110 valence electrons. The highest BCUT2D eigenvalue weighted by molar-refractivity contribution is 5.79. The molecule has 1 aliphatic heterocycles. The summed E-state index contributed by atoms with van der Waals surface area (Å²) in [4.78, 5) is 16.3. The Morgan fingerprint density at radius 3 is 2.65 bits per heavy atom. The third-order valence-electron chi connectivity index (χ3n) is 4.44. The van der Waals surface area contributed by atoms with Crippen molar-refractivity contribution in [1.29, 1.82) is 0 Å². The van der Waals surface area contributed by atoms with Gasteiger partial charge in [-0.1, -0.05) is 6.42 Å². The van der Waals surface area contributed by atoms with Crippen molar-refractivity contribution in [3.8, 4) is 0 Å². The summed E-state index contributed by atoms with van der Waals surface area (Å²) in [6.07, 6.45) is 4.32. The van der Waals surface area contributed by atoms with Gasteiger partial charge in [0.25, 0.3) is 0 Å². The Hall–Kier alpha value is -1.33. The number of hydrogen-bond acceptors (Lipinski definition) is 4. The molecule has 2 aliphatic rings. The van der Waals surface area contributed by atoms with E-state index < -0.39 is 6.10 Å². The lowest BCUT2D eigenvalue weighted by atomic mass is 9.84. The number of aliphatic hydroxyl groups is 1. The van der Waals surface area contributed by atoms with Crippen LogP contribution >= 0.6 is 0 Å². The predicted molar refractivity (Wildman–Crippen MR) is 74.0 cm³/mol. The number of furan rings is 1. The fourth-order valence-electron chi connectivity index (χ4n) is 2.88.